The largest absolute Gasteiger partial charge is 0.466 e. The molecule has 2 unspecified atom stereocenters. The van der Waals surface area contributed by atoms with Crippen molar-refractivity contribution in [3.63, 3.8) is 0 Å². The molecular formula is C68H133NO5. The molecule has 0 aliphatic heterocycles. The lowest BCUT2D eigenvalue weighted by Crippen LogP contribution is -2.45. The van der Waals surface area contributed by atoms with Gasteiger partial charge in [0.2, 0.25) is 5.91 Å². The first-order valence-corrected chi connectivity index (χ1v) is 33.9. The molecule has 440 valence electrons. The van der Waals surface area contributed by atoms with Crippen LogP contribution in [0.4, 0.5) is 0 Å². The minimum absolute atomic E-state index is 0.00331. The van der Waals surface area contributed by atoms with Gasteiger partial charge >= 0.3 is 5.97 Å². The zero-order valence-corrected chi connectivity index (χ0v) is 50.4. The van der Waals surface area contributed by atoms with Crippen LogP contribution >= 0.6 is 0 Å². The number of carbonyl (C=O) groups is 2. The first-order valence-electron chi connectivity index (χ1n) is 33.9. The van der Waals surface area contributed by atoms with Gasteiger partial charge in [0.25, 0.3) is 0 Å². The van der Waals surface area contributed by atoms with Gasteiger partial charge in [-0.25, -0.2) is 0 Å². The topological polar surface area (TPSA) is 95.9 Å². The molecule has 74 heavy (non-hydrogen) atoms. The predicted molar refractivity (Wildman–Crippen MR) is 324 cm³/mol. The molecule has 0 aliphatic carbocycles. The minimum Gasteiger partial charge on any atom is -0.466 e. The van der Waals surface area contributed by atoms with Crippen molar-refractivity contribution in [3.8, 4) is 0 Å². The number of unbranched alkanes of at least 4 members (excludes halogenated alkanes) is 51. The zero-order chi connectivity index (χ0) is 53.6. The number of ether oxygens (including phenoxy) is 1. The highest BCUT2D eigenvalue weighted by Crippen LogP contribution is 2.19. The molecule has 0 heterocycles. The van der Waals surface area contributed by atoms with E-state index in [4.69, 9.17) is 4.74 Å². The maximum Gasteiger partial charge on any atom is 0.305 e. The van der Waals surface area contributed by atoms with Gasteiger partial charge in [-0.15, -0.1) is 0 Å². The standard InChI is InChI=1S/C68H133NO5/c1-3-5-7-9-11-13-15-17-19-20-21-22-23-24-27-30-33-36-40-44-48-52-56-60-66(71)65(64-70)69-67(72)61-57-53-49-45-41-37-34-31-28-25-26-29-32-35-39-43-47-51-55-59-63-74-68(73)62-58-54-50-46-42-38-18-16-14-12-10-8-6-4-2/h16,18,65-66,70-71H,3-15,17,19-64H2,1-2H3,(H,69,72)/b18-16-. The first-order chi connectivity index (χ1) is 36.5. The fraction of sp³-hybridized carbons (Fsp3) is 0.941. The lowest BCUT2D eigenvalue weighted by atomic mass is 10.0. The number of rotatable bonds is 64. The maximum absolute atomic E-state index is 12.5. The van der Waals surface area contributed by atoms with Crippen LogP contribution in [0.3, 0.4) is 0 Å². The third-order valence-electron chi connectivity index (χ3n) is 16.1. The second kappa shape index (κ2) is 64.1. The van der Waals surface area contributed by atoms with E-state index in [1.54, 1.807) is 0 Å². The van der Waals surface area contributed by atoms with Gasteiger partial charge < -0.3 is 20.3 Å². The molecule has 0 aromatic carbocycles. The van der Waals surface area contributed by atoms with Crippen LogP contribution in [-0.4, -0.2) is 47.4 Å². The number of carbonyl (C=O) groups excluding carboxylic acids is 2. The van der Waals surface area contributed by atoms with Crippen molar-refractivity contribution in [1.29, 1.82) is 0 Å². The molecule has 2 atom stereocenters. The molecule has 1 amide bonds. The average Bonchev–Trinajstić information content (AvgIpc) is 3.40. The van der Waals surface area contributed by atoms with E-state index < -0.39 is 12.1 Å². The van der Waals surface area contributed by atoms with E-state index in [1.807, 2.05) is 0 Å². The second-order valence-corrected chi connectivity index (χ2v) is 23.5. The molecule has 0 spiro atoms. The van der Waals surface area contributed by atoms with Crippen LogP contribution in [0, 0.1) is 0 Å². The van der Waals surface area contributed by atoms with Crippen molar-refractivity contribution >= 4 is 11.9 Å². The molecule has 0 radical (unpaired) electrons. The SMILES string of the molecule is CCCCCCC/C=C\CCCCCCCC(=O)OCCCCCCCCCCCCCCCCCCCCCCC(=O)NC(CO)C(O)CCCCCCCCCCCCCCCCCCCCCCCCC. The molecule has 0 saturated heterocycles. The summed E-state index contributed by atoms with van der Waals surface area (Å²) in [6, 6.07) is -0.544. The van der Waals surface area contributed by atoms with E-state index in [1.165, 1.54) is 308 Å². The molecule has 0 aliphatic rings. The molecule has 0 aromatic rings. The van der Waals surface area contributed by atoms with E-state index in [-0.39, 0.29) is 18.5 Å². The molecule has 0 bridgehead atoms. The highest BCUT2D eigenvalue weighted by atomic mass is 16.5. The van der Waals surface area contributed by atoms with Crippen molar-refractivity contribution in [2.75, 3.05) is 13.2 Å². The molecule has 0 rings (SSSR count). The van der Waals surface area contributed by atoms with E-state index in [2.05, 4.69) is 31.3 Å². The van der Waals surface area contributed by atoms with E-state index in [0.717, 1.165) is 44.9 Å². The molecule has 0 saturated carbocycles. The lowest BCUT2D eigenvalue weighted by molar-refractivity contribution is -0.143. The fourth-order valence-electron chi connectivity index (χ4n) is 10.9. The number of esters is 1. The Morgan fingerprint density at radius 2 is 0.635 bits per heavy atom. The monoisotopic (exact) mass is 1040 g/mol. The Morgan fingerprint density at radius 1 is 0.365 bits per heavy atom. The van der Waals surface area contributed by atoms with Crippen LogP contribution in [0.1, 0.15) is 386 Å². The van der Waals surface area contributed by atoms with Gasteiger partial charge in [-0.1, -0.05) is 334 Å². The molecule has 6 nitrogen and oxygen atoms in total. The molecule has 6 heteroatoms. The van der Waals surface area contributed by atoms with Gasteiger partial charge in [0.05, 0.1) is 25.4 Å². The Balaban J connectivity index is 3.39. The summed E-state index contributed by atoms with van der Waals surface area (Å²) in [7, 11) is 0. The van der Waals surface area contributed by atoms with Crippen molar-refractivity contribution in [1.82, 2.24) is 5.32 Å². The Kier molecular flexibility index (Phi) is 62.9. The average molecular weight is 1040 g/mol. The van der Waals surface area contributed by atoms with Crippen LogP contribution in [0.2, 0.25) is 0 Å². The quantitative estimate of drug-likeness (QED) is 0.0320. The van der Waals surface area contributed by atoms with E-state index >= 15 is 0 Å². The van der Waals surface area contributed by atoms with Crippen molar-refractivity contribution in [3.05, 3.63) is 12.2 Å². The summed E-state index contributed by atoms with van der Waals surface area (Å²) in [6.07, 6.45) is 78.1. The summed E-state index contributed by atoms with van der Waals surface area (Å²) in [5.74, 6) is -0.0288. The Labute approximate surface area is 463 Å². The van der Waals surface area contributed by atoms with E-state index in [0.29, 0.717) is 25.9 Å². The predicted octanol–water partition coefficient (Wildman–Crippen LogP) is 21.6. The van der Waals surface area contributed by atoms with Gasteiger partial charge in [-0.2, -0.15) is 0 Å². The van der Waals surface area contributed by atoms with Crippen molar-refractivity contribution in [2.45, 2.75) is 398 Å². The van der Waals surface area contributed by atoms with Gasteiger partial charge in [-0.05, 0) is 51.4 Å². The van der Waals surface area contributed by atoms with Crippen LogP contribution in [0.15, 0.2) is 12.2 Å². The lowest BCUT2D eigenvalue weighted by Gasteiger charge is -2.22. The zero-order valence-electron chi connectivity index (χ0n) is 50.4. The molecule has 0 fully saturated rings. The van der Waals surface area contributed by atoms with Gasteiger partial charge in [0, 0.05) is 12.8 Å². The summed E-state index contributed by atoms with van der Waals surface area (Å²) >= 11 is 0. The Hall–Kier alpha value is -1.40. The third-order valence-corrected chi connectivity index (χ3v) is 16.1. The van der Waals surface area contributed by atoms with Gasteiger partial charge in [-0.3, -0.25) is 9.59 Å². The number of hydrogen-bond donors (Lipinski definition) is 3. The number of aliphatic hydroxyl groups is 2. The number of allylic oxidation sites excluding steroid dienone is 2. The summed E-state index contributed by atoms with van der Waals surface area (Å²) in [5.41, 5.74) is 0. The smallest absolute Gasteiger partial charge is 0.305 e. The van der Waals surface area contributed by atoms with Crippen molar-refractivity contribution in [2.24, 2.45) is 0 Å². The molecular weight excluding hydrogens is 911 g/mol. The summed E-state index contributed by atoms with van der Waals surface area (Å²) < 4.78 is 5.48. The Morgan fingerprint density at radius 3 is 0.959 bits per heavy atom. The van der Waals surface area contributed by atoms with Crippen LogP contribution in [-0.2, 0) is 14.3 Å². The fourth-order valence-corrected chi connectivity index (χ4v) is 10.9. The maximum atomic E-state index is 12.5. The summed E-state index contributed by atoms with van der Waals surface area (Å²) in [4.78, 5) is 24.6. The number of nitrogens with one attached hydrogen (secondary N) is 1. The van der Waals surface area contributed by atoms with E-state index in [9.17, 15) is 19.8 Å². The second-order valence-electron chi connectivity index (χ2n) is 23.5. The minimum atomic E-state index is -0.666. The normalized spacial score (nSPS) is 12.5. The Bertz CT molecular complexity index is 1110. The number of amides is 1. The number of hydrogen-bond acceptors (Lipinski definition) is 5. The summed E-state index contributed by atoms with van der Waals surface area (Å²) in [5, 5.41) is 23.4. The first kappa shape index (κ1) is 72.6. The van der Waals surface area contributed by atoms with Crippen LogP contribution in [0.5, 0.6) is 0 Å². The highest BCUT2D eigenvalue weighted by molar-refractivity contribution is 5.76. The van der Waals surface area contributed by atoms with Crippen molar-refractivity contribution < 1.29 is 24.5 Å². The molecule has 0 aromatic heterocycles. The third kappa shape index (κ3) is 59.8. The van der Waals surface area contributed by atoms with Gasteiger partial charge in [0.15, 0.2) is 0 Å². The van der Waals surface area contributed by atoms with Crippen LogP contribution in [0.25, 0.3) is 0 Å². The number of aliphatic hydroxyl groups excluding tert-OH is 2. The van der Waals surface area contributed by atoms with Gasteiger partial charge in [0.1, 0.15) is 0 Å². The summed E-state index contributed by atoms with van der Waals surface area (Å²) in [6.45, 7) is 4.97. The highest BCUT2D eigenvalue weighted by Gasteiger charge is 2.20. The molecule has 3 N–H and O–H groups in total. The van der Waals surface area contributed by atoms with Crippen LogP contribution < -0.4 is 5.32 Å².